The van der Waals surface area contributed by atoms with Crippen molar-refractivity contribution in [3.05, 3.63) is 35.5 Å². The van der Waals surface area contributed by atoms with Crippen molar-refractivity contribution in [1.82, 2.24) is 4.90 Å². The van der Waals surface area contributed by atoms with E-state index in [4.69, 9.17) is 9.47 Å². The number of hydrogen-bond acceptors (Lipinski definition) is 7. The highest BCUT2D eigenvalue weighted by Crippen LogP contribution is 2.33. The maximum Gasteiger partial charge on any atom is 0.345 e. The predicted molar refractivity (Wildman–Crippen MR) is 88.4 cm³/mol. The number of allylic oxidation sites excluding steroid dienone is 1. The zero-order valence-corrected chi connectivity index (χ0v) is 14.2. The molecule has 3 heterocycles. The summed E-state index contributed by atoms with van der Waals surface area (Å²) in [4.78, 5) is 27.1. The fourth-order valence-corrected chi connectivity index (χ4v) is 3.60. The Bertz CT molecular complexity index is 666. The van der Waals surface area contributed by atoms with Gasteiger partial charge in [-0.15, -0.1) is 0 Å². The van der Waals surface area contributed by atoms with E-state index in [-0.39, 0.29) is 36.3 Å². The van der Waals surface area contributed by atoms with Gasteiger partial charge >= 0.3 is 11.9 Å². The van der Waals surface area contributed by atoms with E-state index in [0.717, 1.165) is 18.5 Å². The Morgan fingerprint density at radius 2 is 2.24 bits per heavy atom. The fourth-order valence-electron chi connectivity index (χ4n) is 3.60. The first-order valence-electron chi connectivity index (χ1n) is 8.38. The van der Waals surface area contributed by atoms with Crippen LogP contribution in [-0.4, -0.2) is 71.1 Å². The van der Waals surface area contributed by atoms with E-state index < -0.39 is 24.1 Å². The summed E-state index contributed by atoms with van der Waals surface area (Å²) in [7, 11) is 0. The molecule has 2 saturated heterocycles. The topological polar surface area (TPSA) is 96.3 Å². The number of carbonyl (C=O) groups excluding carboxylic acids is 2. The number of nitrogens with zero attached hydrogens (tertiary/aromatic N) is 1. The number of ether oxygens (including phenoxy) is 2. The molecule has 0 aromatic carbocycles. The quantitative estimate of drug-likeness (QED) is 0.393. The van der Waals surface area contributed by atoms with E-state index >= 15 is 0 Å². The van der Waals surface area contributed by atoms with Gasteiger partial charge < -0.3 is 19.7 Å². The number of cyclic esters (lactones) is 1. The van der Waals surface area contributed by atoms with Gasteiger partial charge in [-0.25, -0.2) is 9.59 Å². The van der Waals surface area contributed by atoms with Crippen molar-refractivity contribution in [2.75, 3.05) is 26.3 Å². The van der Waals surface area contributed by atoms with Gasteiger partial charge in [0, 0.05) is 25.1 Å². The second kappa shape index (κ2) is 6.74. The lowest BCUT2D eigenvalue weighted by molar-refractivity contribution is -0.164. The first-order valence-corrected chi connectivity index (χ1v) is 8.38. The van der Waals surface area contributed by atoms with Crippen molar-refractivity contribution in [1.29, 1.82) is 0 Å². The minimum Gasteiger partial charge on any atom is -0.459 e. The molecule has 0 aromatic rings. The molecule has 0 amide bonds. The number of aliphatic hydroxyl groups is 2. The lowest BCUT2D eigenvalue weighted by atomic mass is 9.90. The molecule has 3 aliphatic rings. The molecule has 7 nitrogen and oxygen atoms in total. The van der Waals surface area contributed by atoms with Crippen LogP contribution in [0.4, 0.5) is 0 Å². The van der Waals surface area contributed by atoms with Crippen LogP contribution in [0.5, 0.6) is 0 Å². The molecule has 0 spiro atoms. The summed E-state index contributed by atoms with van der Waals surface area (Å²) in [5.41, 5.74) is -1.12. The number of hydrogen-bond donors (Lipinski definition) is 2. The highest BCUT2D eigenvalue weighted by atomic mass is 16.6. The SMILES string of the molecule is C=C1C/C(=C/C)C(=O)O[C@@H]2CCN3CC=C(COC(=O)[C@@]1(O)CO)[C@H]23. The Balaban J connectivity index is 1.94. The second-order valence-corrected chi connectivity index (χ2v) is 6.64. The predicted octanol–water partition coefficient (Wildman–Crippen LogP) is 0.0853. The average molecular weight is 349 g/mol. The summed E-state index contributed by atoms with van der Waals surface area (Å²) >= 11 is 0. The first-order chi connectivity index (χ1) is 11.9. The van der Waals surface area contributed by atoms with Gasteiger partial charge in [-0.05, 0) is 24.5 Å². The number of aliphatic hydroxyl groups excluding tert-OH is 1. The first kappa shape index (κ1) is 17.8. The van der Waals surface area contributed by atoms with Gasteiger partial charge in [0.1, 0.15) is 12.7 Å². The molecule has 0 bridgehead atoms. The number of rotatable bonds is 1. The van der Waals surface area contributed by atoms with Crippen LogP contribution in [0.2, 0.25) is 0 Å². The summed E-state index contributed by atoms with van der Waals surface area (Å²) < 4.78 is 11.0. The summed E-state index contributed by atoms with van der Waals surface area (Å²) in [6.07, 6.45) is 3.87. The molecule has 2 fully saturated rings. The van der Waals surface area contributed by atoms with E-state index in [1.807, 2.05) is 6.08 Å². The molecule has 2 N–H and O–H groups in total. The fraction of sp³-hybridized carbons (Fsp3) is 0.556. The van der Waals surface area contributed by atoms with E-state index in [1.165, 1.54) is 0 Å². The minimum absolute atomic E-state index is 0.00405. The monoisotopic (exact) mass is 349 g/mol. The van der Waals surface area contributed by atoms with Crippen molar-refractivity contribution in [2.45, 2.75) is 37.5 Å². The Hall–Kier alpha value is -1.96. The third-order valence-corrected chi connectivity index (χ3v) is 5.21. The number of carbonyl (C=O) groups is 2. The maximum absolute atomic E-state index is 12.5. The Labute approximate surface area is 146 Å². The zero-order valence-electron chi connectivity index (χ0n) is 14.2. The van der Waals surface area contributed by atoms with Crippen molar-refractivity contribution < 1.29 is 29.3 Å². The summed E-state index contributed by atoms with van der Waals surface area (Å²) in [5, 5.41) is 20.1. The smallest absolute Gasteiger partial charge is 0.345 e. The van der Waals surface area contributed by atoms with Crippen LogP contribution < -0.4 is 0 Å². The van der Waals surface area contributed by atoms with E-state index in [1.54, 1.807) is 13.0 Å². The van der Waals surface area contributed by atoms with Gasteiger partial charge in [0.15, 0.2) is 0 Å². The largest absolute Gasteiger partial charge is 0.459 e. The maximum atomic E-state index is 12.5. The second-order valence-electron chi connectivity index (χ2n) is 6.64. The third-order valence-electron chi connectivity index (χ3n) is 5.21. The molecule has 7 heteroatoms. The summed E-state index contributed by atoms with van der Waals surface area (Å²) in [5.74, 6) is -1.45. The van der Waals surface area contributed by atoms with Gasteiger partial charge in [-0.2, -0.15) is 0 Å². The molecular weight excluding hydrogens is 326 g/mol. The zero-order chi connectivity index (χ0) is 18.2. The van der Waals surface area contributed by atoms with Crippen LogP contribution in [0.3, 0.4) is 0 Å². The molecule has 0 unspecified atom stereocenters. The van der Waals surface area contributed by atoms with Gasteiger partial charge in [0.05, 0.1) is 12.6 Å². The lowest BCUT2D eigenvalue weighted by Gasteiger charge is -2.29. The molecule has 3 aliphatic heterocycles. The molecule has 25 heavy (non-hydrogen) atoms. The van der Waals surface area contributed by atoms with E-state index in [9.17, 15) is 19.8 Å². The molecule has 3 atom stereocenters. The molecule has 136 valence electrons. The van der Waals surface area contributed by atoms with Crippen molar-refractivity contribution in [3.63, 3.8) is 0 Å². The van der Waals surface area contributed by atoms with Gasteiger partial charge in [0.2, 0.25) is 5.60 Å². The Morgan fingerprint density at radius 1 is 1.48 bits per heavy atom. The molecular formula is C18H23NO6. The normalized spacial score (nSPS) is 35.6. The van der Waals surface area contributed by atoms with E-state index in [0.29, 0.717) is 6.54 Å². The van der Waals surface area contributed by atoms with Crippen LogP contribution in [0.1, 0.15) is 19.8 Å². The number of esters is 2. The van der Waals surface area contributed by atoms with Gasteiger partial charge in [0.25, 0.3) is 0 Å². The van der Waals surface area contributed by atoms with Crippen LogP contribution >= 0.6 is 0 Å². The highest BCUT2D eigenvalue weighted by Gasteiger charge is 2.45. The average Bonchev–Trinajstić information content (AvgIpc) is 3.18. The lowest BCUT2D eigenvalue weighted by Crippen LogP contribution is -2.46. The van der Waals surface area contributed by atoms with Gasteiger partial charge in [-0.1, -0.05) is 18.7 Å². The van der Waals surface area contributed by atoms with E-state index in [2.05, 4.69) is 11.5 Å². The molecule has 0 aliphatic carbocycles. The third kappa shape index (κ3) is 3.03. The molecule has 0 aromatic heterocycles. The van der Waals surface area contributed by atoms with Crippen molar-refractivity contribution in [2.24, 2.45) is 0 Å². The van der Waals surface area contributed by atoms with Crippen LogP contribution in [0.15, 0.2) is 35.5 Å². The van der Waals surface area contributed by atoms with Crippen LogP contribution in [0.25, 0.3) is 0 Å². The summed E-state index contributed by atoms with van der Waals surface area (Å²) in [6, 6.07) is -0.111. The Kier molecular flexibility index (Phi) is 4.81. The minimum atomic E-state index is -2.25. The van der Waals surface area contributed by atoms with Crippen molar-refractivity contribution >= 4 is 11.9 Å². The standard InChI is InChI=1S/C18H23NO6/c1-3-12-8-11(2)18(23,10-20)17(22)24-9-13-4-6-19-7-5-14(15(13)19)25-16(12)21/h3-4,14-15,20,23H,2,5-10H2,1H3/b12-3-/t14-,15-,18-/m1/s1. The van der Waals surface area contributed by atoms with Crippen molar-refractivity contribution in [3.8, 4) is 0 Å². The summed E-state index contributed by atoms with van der Waals surface area (Å²) in [6.45, 7) is 5.98. The van der Waals surface area contributed by atoms with Gasteiger partial charge in [-0.3, -0.25) is 4.90 Å². The Morgan fingerprint density at radius 3 is 2.92 bits per heavy atom. The van der Waals surface area contributed by atoms with Crippen LogP contribution in [0, 0.1) is 0 Å². The highest BCUT2D eigenvalue weighted by molar-refractivity contribution is 5.90. The van der Waals surface area contributed by atoms with Crippen LogP contribution in [-0.2, 0) is 19.1 Å². The molecule has 0 saturated carbocycles. The molecule has 3 rings (SSSR count). The molecule has 0 radical (unpaired) electrons.